The van der Waals surface area contributed by atoms with Crippen molar-refractivity contribution in [1.29, 1.82) is 0 Å². The zero-order valence-electron chi connectivity index (χ0n) is 32.8. The summed E-state index contributed by atoms with van der Waals surface area (Å²) in [4.78, 5) is 38.1. The molecular weight excluding hydrogens is 653 g/mol. The molecule has 0 spiro atoms. The molecule has 0 fully saturated rings. The van der Waals surface area contributed by atoms with Crippen molar-refractivity contribution in [3.05, 3.63) is 24.3 Å². The highest BCUT2D eigenvalue weighted by molar-refractivity contribution is 7.47. The van der Waals surface area contributed by atoms with Gasteiger partial charge in [0.1, 0.15) is 19.3 Å². The van der Waals surface area contributed by atoms with Crippen molar-refractivity contribution in [2.75, 3.05) is 40.9 Å². The lowest BCUT2D eigenvalue weighted by molar-refractivity contribution is -0.870. The number of aliphatic hydroxyl groups excluding tert-OH is 2. The molecule has 0 saturated carbocycles. The van der Waals surface area contributed by atoms with Crippen LogP contribution in [0, 0.1) is 0 Å². The highest BCUT2D eigenvalue weighted by Gasteiger charge is 2.55. The maximum absolute atomic E-state index is 13.7. The van der Waals surface area contributed by atoms with Gasteiger partial charge in [0.15, 0.2) is 11.6 Å². The molecule has 0 heterocycles. The number of aliphatic hydroxyl groups is 2. The van der Waals surface area contributed by atoms with Crippen molar-refractivity contribution in [1.82, 2.24) is 0 Å². The number of unbranched alkanes of at least 4 members (excludes halogenated alkanes) is 18. The molecule has 0 saturated heterocycles. The van der Waals surface area contributed by atoms with E-state index in [0.717, 1.165) is 77.0 Å². The summed E-state index contributed by atoms with van der Waals surface area (Å²) in [5, 5.41) is 20.9. The Morgan fingerprint density at radius 2 is 1.02 bits per heavy atom. The lowest BCUT2D eigenvalue weighted by Crippen LogP contribution is -2.58. The Hall–Kier alpha value is -1.19. The average Bonchev–Trinajstić information content (AvgIpc) is 3.06. The van der Waals surface area contributed by atoms with Crippen molar-refractivity contribution in [2.24, 2.45) is 0 Å². The quantitative estimate of drug-likeness (QED) is 0.0191. The Balaban J connectivity index is 5.16. The predicted octanol–water partition coefficient (Wildman–Crippen LogP) is 9.57. The third kappa shape index (κ3) is 24.9. The van der Waals surface area contributed by atoms with Gasteiger partial charge in [-0.15, -0.1) is 0 Å². The molecule has 0 aromatic rings. The van der Waals surface area contributed by atoms with Crippen molar-refractivity contribution < 1.29 is 42.8 Å². The van der Waals surface area contributed by atoms with Crippen molar-refractivity contribution in [3.8, 4) is 0 Å². The summed E-state index contributed by atoms with van der Waals surface area (Å²) in [7, 11) is 0.707. The lowest BCUT2D eigenvalue weighted by Gasteiger charge is -2.35. The first-order valence-electron chi connectivity index (χ1n) is 20.0. The fourth-order valence-corrected chi connectivity index (χ4v) is 6.89. The first-order valence-corrected chi connectivity index (χ1v) is 21.5. The molecule has 0 aliphatic carbocycles. The molecule has 0 aromatic carbocycles. The highest BCUT2D eigenvalue weighted by Crippen LogP contribution is 2.49. The van der Waals surface area contributed by atoms with E-state index in [0.29, 0.717) is 23.9 Å². The number of carbonyl (C=O) groups excluding carboxylic acids is 2. The zero-order valence-corrected chi connectivity index (χ0v) is 33.7. The molecule has 0 aliphatic rings. The van der Waals surface area contributed by atoms with Gasteiger partial charge in [0.25, 0.3) is 0 Å². The summed E-state index contributed by atoms with van der Waals surface area (Å²) in [6, 6.07) is 0. The number of hydrogen-bond acceptors (Lipinski definition) is 7. The van der Waals surface area contributed by atoms with Gasteiger partial charge in [-0.1, -0.05) is 115 Å². The Bertz CT molecular complexity index is 913. The minimum Gasteiger partial charge on any atom is -0.394 e. The summed E-state index contributed by atoms with van der Waals surface area (Å²) in [5.41, 5.74) is -2.67. The topological polar surface area (TPSA) is 130 Å². The highest BCUT2D eigenvalue weighted by atomic mass is 31.2. The molecule has 10 heteroatoms. The monoisotopic (exact) mass is 731 g/mol. The minimum absolute atomic E-state index is 0.120. The van der Waals surface area contributed by atoms with E-state index in [1.807, 2.05) is 21.1 Å². The zero-order chi connectivity index (χ0) is 37.6. The van der Waals surface area contributed by atoms with E-state index in [4.69, 9.17) is 9.05 Å². The van der Waals surface area contributed by atoms with Crippen LogP contribution >= 0.6 is 7.82 Å². The number of quaternary nitrogens is 1. The molecule has 1 unspecified atom stereocenters. The maximum Gasteiger partial charge on any atom is 0.473 e. The Morgan fingerprint density at radius 3 is 1.38 bits per heavy atom. The van der Waals surface area contributed by atoms with Crippen molar-refractivity contribution >= 4 is 19.4 Å². The van der Waals surface area contributed by atoms with Gasteiger partial charge in [0, 0.05) is 12.8 Å². The van der Waals surface area contributed by atoms with E-state index >= 15 is 0 Å². The number of likely N-dealkylation sites (N-methyl/N-ethyl adjacent to an activating group) is 1. The SMILES string of the molecule is CCCCCC/C=C\CCCCCCCC(=O)C(OP(=O)(O)OCC[N+](C)(C)C)(C(=O)CCCCCCC/C=C\CCCCCC)[C@@H](O)CO. The predicted molar refractivity (Wildman–Crippen MR) is 206 cm³/mol. The van der Waals surface area contributed by atoms with Crippen molar-refractivity contribution in [2.45, 2.75) is 180 Å². The smallest absolute Gasteiger partial charge is 0.394 e. The fraction of sp³-hybridized carbons (Fsp3) is 0.850. The van der Waals surface area contributed by atoms with Gasteiger partial charge in [-0.25, -0.2) is 4.57 Å². The molecular formula is C40H77NO8P+. The number of phosphoric ester groups is 1. The van der Waals surface area contributed by atoms with E-state index < -0.39 is 37.7 Å². The number of nitrogens with zero attached hydrogens (tertiary/aromatic N) is 1. The van der Waals surface area contributed by atoms with Crippen LogP contribution in [0.25, 0.3) is 0 Å². The first-order chi connectivity index (χ1) is 23.9. The number of phosphoric acid groups is 1. The number of hydrogen-bond donors (Lipinski definition) is 3. The van der Waals surface area contributed by atoms with Crippen molar-refractivity contribution in [3.63, 3.8) is 0 Å². The number of ketones is 2. The summed E-state index contributed by atoms with van der Waals surface area (Å²) >= 11 is 0. The third-order valence-electron chi connectivity index (χ3n) is 9.08. The first kappa shape index (κ1) is 48.8. The second kappa shape index (κ2) is 30.3. The Kier molecular flexibility index (Phi) is 29.6. The molecule has 0 radical (unpaired) electrons. The third-order valence-corrected chi connectivity index (χ3v) is 10.1. The van der Waals surface area contributed by atoms with Crippen LogP contribution in [-0.2, 0) is 23.2 Å². The summed E-state index contributed by atoms with van der Waals surface area (Å²) in [6.07, 6.45) is 29.5. The van der Waals surface area contributed by atoms with Gasteiger partial charge in [0.05, 0.1) is 27.7 Å². The van der Waals surface area contributed by atoms with Crippen LogP contribution in [0.2, 0.25) is 0 Å². The average molecular weight is 731 g/mol. The van der Waals surface area contributed by atoms with Crippen LogP contribution in [-0.4, -0.2) is 83.8 Å². The molecule has 0 amide bonds. The van der Waals surface area contributed by atoms with E-state index in [1.165, 1.54) is 51.4 Å². The standard InChI is InChI=1S/C40H76NO8P/c1-6-8-10-12-14-16-18-20-22-24-26-28-30-32-37(43)40(39(45)36-42,49-50(46,47)48-35-34-41(3,4)5)38(44)33-31-29-27-25-23-21-19-17-15-13-11-9-7-2/h16-19,39,42,45H,6-15,20-36H2,1-5H3/p+1/b18-16-,19-17-/t39-/m0/s1. The van der Waals surface area contributed by atoms with Crippen LogP contribution in [0.5, 0.6) is 0 Å². The van der Waals surface area contributed by atoms with Crippen LogP contribution < -0.4 is 0 Å². The second-order valence-corrected chi connectivity index (χ2v) is 16.3. The molecule has 3 N–H and O–H groups in total. The van der Waals surface area contributed by atoms with Crippen LogP contribution in [0.4, 0.5) is 0 Å². The fourth-order valence-electron chi connectivity index (χ4n) is 5.83. The largest absolute Gasteiger partial charge is 0.473 e. The summed E-state index contributed by atoms with van der Waals surface area (Å²) < 4.78 is 24.1. The number of carbonyl (C=O) groups is 2. The Labute approximate surface area is 306 Å². The van der Waals surface area contributed by atoms with Gasteiger partial charge in [-0.2, -0.15) is 0 Å². The normalized spacial score (nSPS) is 14.5. The molecule has 0 aliphatic heterocycles. The number of allylic oxidation sites excluding steroid dienone is 4. The Morgan fingerprint density at radius 1 is 0.660 bits per heavy atom. The number of Topliss-reactive ketones (excluding diaryl/α,β-unsaturated/α-hetero) is 2. The molecule has 0 aromatic heterocycles. The van der Waals surface area contributed by atoms with E-state index in [1.54, 1.807) is 0 Å². The molecule has 294 valence electrons. The van der Waals surface area contributed by atoms with Gasteiger partial charge >= 0.3 is 7.82 Å². The molecule has 0 rings (SSSR count). The van der Waals surface area contributed by atoms with E-state index in [-0.39, 0.29) is 19.4 Å². The van der Waals surface area contributed by atoms with Gasteiger partial charge in [-0.05, 0) is 64.2 Å². The lowest BCUT2D eigenvalue weighted by atomic mass is 9.82. The van der Waals surface area contributed by atoms with E-state index in [9.17, 15) is 29.3 Å². The summed E-state index contributed by atoms with van der Waals surface area (Å²) in [5.74, 6) is -1.58. The van der Waals surface area contributed by atoms with Gasteiger partial charge < -0.3 is 19.6 Å². The number of rotatable bonds is 36. The van der Waals surface area contributed by atoms with E-state index in [2.05, 4.69) is 38.2 Å². The molecule has 50 heavy (non-hydrogen) atoms. The van der Waals surface area contributed by atoms with Crippen LogP contribution in [0.3, 0.4) is 0 Å². The summed E-state index contributed by atoms with van der Waals surface area (Å²) in [6.45, 7) is 3.66. The van der Waals surface area contributed by atoms with Crippen LogP contribution in [0.15, 0.2) is 24.3 Å². The maximum atomic E-state index is 13.7. The minimum atomic E-state index is -4.95. The molecule has 9 nitrogen and oxygen atoms in total. The molecule has 0 bridgehead atoms. The van der Waals surface area contributed by atoms with Gasteiger partial charge in [0.2, 0.25) is 5.60 Å². The molecule has 2 atom stereocenters. The second-order valence-electron chi connectivity index (χ2n) is 14.9. The van der Waals surface area contributed by atoms with Crippen LogP contribution in [0.1, 0.15) is 168 Å². The van der Waals surface area contributed by atoms with Gasteiger partial charge in [-0.3, -0.25) is 18.6 Å².